The maximum Gasteiger partial charge on any atom is 0.161 e. The van der Waals surface area contributed by atoms with E-state index in [0.717, 1.165) is 30.3 Å². The van der Waals surface area contributed by atoms with E-state index in [4.69, 9.17) is 0 Å². The molecule has 1 aliphatic rings. The van der Waals surface area contributed by atoms with E-state index in [1.165, 1.54) is 6.07 Å². The number of benzene rings is 1. The van der Waals surface area contributed by atoms with Crippen molar-refractivity contribution in [1.29, 1.82) is 0 Å². The molecule has 0 spiro atoms. The number of hydrogen-bond donors (Lipinski definition) is 1. The highest BCUT2D eigenvalue weighted by Crippen LogP contribution is 2.25. The molecule has 86 valence electrons. The number of aliphatic imine (C=N–C) groups is 1. The highest BCUT2D eigenvalue weighted by molar-refractivity contribution is 8.15. The number of halogens is 2. The third-order valence-electron chi connectivity index (χ3n) is 2.34. The molecule has 0 aliphatic carbocycles. The lowest BCUT2D eigenvalue weighted by Gasteiger charge is -2.07. The van der Waals surface area contributed by atoms with E-state index in [9.17, 15) is 8.78 Å². The average Bonchev–Trinajstić information content (AvgIpc) is 2.71. The summed E-state index contributed by atoms with van der Waals surface area (Å²) in [7, 11) is 0. The van der Waals surface area contributed by atoms with Gasteiger partial charge in [0.05, 0.1) is 6.54 Å². The number of anilines is 1. The zero-order chi connectivity index (χ0) is 11.5. The van der Waals surface area contributed by atoms with Gasteiger partial charge in [0.2, 0.25) is 0 Å². The van der Waals surface area contributed by atoms with Gasteiger partial charge in [0.15, 0.2) is 16.8 Å². The number of nitrogens with one attached hydrogen (secondary N) is 1. The fourth-order valence-electron chi connectivity index (χ4n) is 1.40. The molecule has 2 rings (SSSR count). The van der Waals surface area contributed by atoms with Crippen molar-refractivity contribution in [2.75, 3.05) is 11.9 Å². The van der Waals surface area contributed by atoms with Crippen molar-refractivity contribution < 1.29 is 8.78 Å². The Morgan fingerprint density at radius 1 is 1.44 bits per heavy atom. The predicted molar refractivity (Wildman–Crippen MR) is 64.0 cm³/mol. The van der Waals surface area contributed by atoms with Gasteiger partial charge < -0.3 is 5.32 Å². The summed E-state index contributed by atoms with van der Waals surface area (Å²) in [5.74, 6) is -1.68. The van der Waals surface area contributed by atoms with Crippen molar-refractivity contribution >= 4 is 22.6 Å². The highest BCUT2D eigenvalue weighted by atomic mass is 32.2. The van der Waals surface area contributed by atoms with Gasteiger partial charge in [0.1, 0.15) is 0 Å². The minimum atomic E-state index is -0.847. The minimum absolute atomic E-state index is 0.493. The maximum atomic E-state index is 12.9. The smallest absolute Gasteiger partial charge is 0.161 e. The summed E-state index contributed by atoms with van der Waals surface area (Å²) in [6.07, 6.45) is 1.05. The van der Waals surface area contributed by atoms with E-state index in [0.29, 0.717) is 10.9 Å². The Morgan fingerprint density at radius 3 is 2.88 bits per heavy atom. The predicted octanol–water partition coefficient (Wildman–Crippen LogP) is 3.26. The van der Waals surface area contributed by atoms with Crippen LogP contribution in [0.3, 0.4) is 0 Å². The van der Waals surface area contributed by atoms with Crippen LogP contribution < -0.4 is 5.32 Å². The molecule has 0 saturated heterocycles. The first-order chi connectivity index (χ1) is 7.69. The number of hydrogen-bond acceptors (Lipinski definition) is 3. The van der Waals surface area contributed by atoms with Crippen molar-refractivity contribution in [2.24, 2.45) is 4.99 Å². The van der Waals surface area contributed by atoms with E-state index in [-0.39, 0.29) is 0 Å². The van der Waals surface area contributed by atoms with Crippen LogP contribution in [0, 0.1) is 11.6 Å². The first-order valence-corrected chi connectivity index (χ1v) is 6.00. The first kappa shape index (κ1) is 11.4. The van der Waals surface area contributed by atoms with Crippen LogP contribution in [0.4, 0.5) is 14.5 Å². The second-order valence-electron chi connectivity index (χ2n) is 3.55. The van der Waals surface area contributed by atoms with Crippen LogP contribution in [0.5, 0.6) is 0 Å². The van der Waals surface area contributed by atoms with Crippen molar-refractivity contribution in [3.05, 3.63) is 29.8 Å². The molecular formula is C11H12F2N2S. The molecule has 0 aromatic heterocycles. The van der Waals surface area contributed by atoms with Crippen molar-refractivity contribution in [3.8, 4) is 0 Å². The Morgan fingerprint density at radius 2 is 2.25 bits per heavy atom. The molecule has 16 heavy (non-hydrogen) atoms. The number of amidine groups is 1. The Balaban J connectivity index is 2.02. The van der Waals surface area contributed by atoms with Crippen LogP contribution in [0.2, 0.25) is 0 Å². The van der Waals surface area contributed by atoms with Crippen LogP contribution in [0.15, 0.2) is 23.2 Å². The molecule has 1 aromatic rings. The quantitative estimate of drug-likeness (QED) is 0.860. The second kappa shape index (κ2) is 4.82. The molecule has 0 bridgehead atoms. The summed E-state index contributed by atoms with van der Waals surface area (Å²) in [5, 5.41) is 4.25. The molecule has 1 unspecified atom stereocenters. The van der Waals surface area contributed by atoms with Gasteiger partial charge in [-0.1, -0.05) is 18.7 Å². The topological polar surface area (TPSA) is 24.4 Å². The van der Waals surface area contributed by atoms with Gasteiger partial charge in [0, 0.05) is 17.0 Å². The molecule has 1 atom stereocenters. The average molecular weight is 242 g/mol. The monoisotopic (exact) mass is 242 g/mol. The molecule has 0 fully saturated rings. The number of rotatable bonds is 2. The van der Waals surface area contributed by atoms with Crippen LogP contribution in [-0.4, -0.2) is 17.0 Å². The largest absolute Gasteiger partial charge is 0.335 e. The number of nitrogens with zero attached hydrogens (tertiary/aromatic N) is 1. The van der Waals surface area contributed by atoms with Gasteiger partial charge in [-0.2, -0.15) is 0 Å². The maximum absolute atomic E-state index is 12.9. The van der Waals surface area contributed by atoms with Gasteiger partial charge in [-0.05, 0) is 18.6 Å². The Kier molecular flexibility index (Phi) is 3.43. The summed E-state index contributed by atoms with van der Waals surface area (Å²) < 4.78 is 25.6. The fourth-order valence-corrected chi connectivity index (χ4v) is 2.35. The molecule has 2 nitrogen and oxygen atoms in total. The van der Waals surface area contributed by atoms with E-state index < -0.39 is 11.6 Å². The summed E-state index contributed by atoms with van der Waals surface area (Å²) >= 11 is 1.64. The standard InChI is InChI=1S/C11H12F2N2S/c1-2-8-6-14-11(16-8)15-7-3-4-9(12)10(13)5-7/h3-5,8H,2,6H2,1H3,(H,14,15). The van der Waals surface area contributed by atoms with E-state index in [1.54, 1.807) is 11.8 Å². The molecule has 5 heteroatoms. The highest BCUT2D eigenvalue weighted by Gasteiger charge is 2.17. The molecule has 1 aliphatic heterocycles. The van der Waals surface area contributed by atoms with Crippen LogP contribution >= 0.6 is 11.8 Å². The van der Waals surface area contributed by atoms with Crippen LogP contribution in [0.25, 0.3) is 0 Å². The zero-order valence-electron chi connectivity index (χ0n) is 8.84. The molecule has 1 aromatic carbocycles. The molecular weight excluding hydrogens is 230 g/mol. The van der Waals surface area contributed by atoms with Gasteiger partial charge in [-0.3, -0.25) is 4.99 Å². The van der Waals surface area contributed by atoms with E-state index >= 15 is 0 Å². The van der Waals surface area contributed by atoms with Crippen molar-refractivity contribution in [1.82, 2.24) is 0 Å². The SMILES string of the molecule is CCC1CN=C(Nc2ccc(F)c(F)c2)S1. The van der Waals surface area contributed by atoms with E-state index in [2.05, 4.69) is 17.2 Å². The third-order valence-corrected chi connectivity index (χ3v) is 3.61. The van der Waals surface area contributed by atoms with Gasteiger partial charge in [-0.25, -0.2) is 8.78 Å². The summed E-state index contributed by atoms with van der Waals surface area (Å²) in [6.45, 7) is 2.89. The Labute approximate surface area is 97.1 Å². The zero-order valence-corrected chi connectivity index (χ0v) is 9.65. The fraction of sp³-hybridized carbons (Fsp3) is 0.364. The lowest BCUT2D eigenvalue weighted by Crippen LogP contribution is -2.07. The summed E-state index contributed by atoms with van der Waals surface area (Å²) in [6, 6.07) is 3.74. The lowest BCUT2D eigenvalue weighted by atomic mass is 10.3. The van der Waals surface area contributed by atoms with Crippen LogP contribution in [0.1, 0.15) is 13.3 Å². The van der Waals surface area contributed by atoms with Gasteiger partial charge in [0.25, 0.3) is 0 Å². The Bertz CT molecular complexity index is 420. The van der Waals surface area contributed by atoms with Crippen molar-refractivity contribution in [2.45, 2.75) is 18.6 Å². The second-order valence-corrected chi connectivity index (χ2v) is 4.84. The van der Waals surface area contributed by atoms with Crippen molar-refractivity contribution in [3.63, 3.8) is 0 Å². The number of thioether (sulfide) groups is 1. The van der Waals surface area contributed by atoms with Crippen LogP contribution in [-0.2, 0) is 0 Å². The third kappa shape index (κ3) is 2.52. The molecule has 1 N–H and O–H groups in total. The minimum Gasteiger partial charge on any atom is -0.335 e. The Hall–Kier alpha value is -1.10. The summed E-state index contributed by atoms with van der Waals surface area (Å²) in [4.78, 5) is 4.29. The molecule has 0 saturated carbocycles. The molecule has 0 amide bonds. The van der Waals surface area contributed by atoms with E-state index in [1.807, 2.05) is 0 Å². The normalized spacial score (nSPS) is 19.7. The first-order valence-electron chi connectivity index (χ1n) is 5.12. The molecule has 0 radical (unpaired) electrons. The van der Waals surface area contributed by atoms with Gasteiger partial charge in [-0.15, -0.1) is 0 Å². The summed E-state index contributed by atoms with van der Waals surface area (Å²) in [5.41, 5.74) is 0.530. The lowest BCUT2D eigenvalue weighted by molar-refractivity contribution is 0.509. The van der Waals surface area contributed by atoms with Gasteiger partial charge >= 0.3 is 0 Å². The molecule has 1 heterocycles.